The second kappa shape index (κ2) is 5.97. The van der Waals surface area contributed by atoms with Gasteiger partial charge in [0.1, 0.15) is 5.82 Å². The predicted molar refractivity (Wildman–Crippen MR) is 71.2 cm³/mol. The number of rotatable bonds is 4. The van der Waals surface area contributed by atoms with Crippen LogP contribution in [0, 0.1) is 17.1 Å². The van der Waals surface area contributed by atoms with E-state index in [9.17, 15) is 19.0 Å². The van der Waals surface area contributed by atoms with Gasteiger partial charge in [-0.2, -0.15) is 5.26 Å². The third-order valence-corrected chi connectivity index (χ3v) is 4.09. The van der Waals surface area contributed by atoms with Gasteiger partial charge in [-0.25, -0.2) is 13.3 Å². The van der Waals surface area contributed by atoms with Gasteiger partial charge in [-0.05, 0) is 30.9 Å². The Balaban J connectivity index is 2.24. The first-order valence-corrected chi connectivity index (χ1v) is 7.30. The summed E-state index contributed by atoms with van der Waals surface area (Å²) in [6.07, 6.45) is 0.807. The summed E-state index contributed by atoms with van der Waals surface area (Å²) < 4.78 is 35.3. The second-order valence-electron chi connectivity index (χ2n) is 4.97. The summed E-state index contributed by atoms with van der Waals surface area (Å²) in [4.78, 5) is 0. The van der Waals surface area contributed by atoms with E-state index in [0.717, 1.165) is 0 Å². The van der Waals surface area contributed by atoms with E-state index < -0.39 is 28.6 Å². The van der Waals surface area contributed by atoms with E-state index in [1.807, 2.05) is 0 Å². The molecule has 0 aliphatic heterocycles. The molecule has 0 amide bonds. The molecule has 1 aromatic rings. The summed E-state index contributed by atoms with van der Waals surface area (Å²) in [7, 11) is 0. The minimum atomic E-state index is -2.20. The first-order chi connectivity index (χ1) is 9.47. The van der Waals surface area contributed by atoms with Crippen molar-refractivity contribution in [3.63, 3.8) is 0 Å². The summed E-state index contributed by atoms with van der Waals surface area (Å²) in [5.41, 5.74) is -0.0443. The highest BCUT2D eigenvalue weighted by molar-refractivity contribution is 7.77. The van der Waals surface area contributed by atoms with Crippen molar-refractivity contribution >= 4 is 11.3 Å². The highest BCUT2D eigenvalue weighted by atomic mass is 32.2. The monoisotopic (exact) mass is 298 g/mol. The maximum atomic E-state index is 14.0. The Hall–Kier alpha value is -1.33. The number of halogens is 1. The fourth-order valence-corrected chi connectivity index (χ4v) is 2.85. The Bertz CT molecular complexity index is 575. The van der Waals surface area contributed by atoms with Crippen LogP contribution in [0.25, 0.3) is 0 Å². The van der Waals surface area contributed by atoms with Gasteiger partial charge in [0.2, 0.25) is 11.3 Å². The van der Waals surface area contributed by atoms with Crippen molar-refractivity contribution in [1.82, 2.24) is 4.72 Å². The molecule has 20 heavy (non-hydrogen) atoms. The van der Waals surface area contributed by atoms with Crippen molar-refractivity contribution in [2.24, 2.45) is 0 Å². The van der Waals surface area contributed by atoms with Crippen molar-refractivity contribution in [3.05, 3.63) is 35.1 Å². The maximum absolute atomic E-state index is 14.0. The molecule has 3 N–H and O–H groups in total. The van der Waals surface area contributed by atoms with Gasteiger partial charge in [0.05, 0.1) is 17.6 Å². The molecule has 108 valence electrons. The first-order valence-electron chi connectivity index (χ1n) is 6.19. The van der Waals surface area contributed by atoms with Gasteiger partial charge in [0.25, 0.3) is 0 Å². The number of aliphatic hydroxyl groups is 1. The lowest BCUT2D eigenvalue weighted by atomic mass is 9.80. The summed E-state index contributed by atoms with van der Waals surface area (Å²) in [5, 5.41) is 19.0. The Labute approximate surface area is 118 Å². The number of hydrogen-bond donors (Lipinski definition) is 3. The van der Waals surface area contributed by atoms with E-state index in [1.165, 1.54) is 12.1 Å². The quantitative estimate of drug-likeness (QED) is 0.732. The number of hydrogen-bond acceptors (Lipinski definition) is 3. The fraction of sp³-hybridized carbons (Fsp3) is 0.462. The zero-order valence-corrected chi connectivity index (χ0v) is 11.5. The minimum absolute atomic E-state index is 0.0720. The van der Waals surface area contributed by atoms with Gasteiger partial charge >= 0.3 is 0 Å². The third kappa shape index (κ3) is 3.04. The normalized spacial score (nSPS) is 27.2. The highest BCUT2D eigenvalue weighted by Crippen LogP contribution is 2.41. The van der Waals surface area contributed by atoms with Gasteiger partial charge < -0.3 is 5.11 Å². The van der Waals surface area contributed by atoms with E-state index in [-0.39, 0.29) is 12.1 Å². The second-order valence-corrected chi connectivity index (χ2v) is 5.75. The molecule has 0 aromatic heterocycles. The molecule has 1 aliphatic rings. The maximum Gasteiger partial charge on any atom is 0.232 e. The zero-order chi connectivity index (χ0) is 14.8. The molecule has 3 unspecified atom stereocenters. The van der Waals surface area contributed by atoms with Crippen LogP contribution >= 0.6 is 0 Å². The number of aliphatic hydroxyl groups excluding tert-OH is 1. The van der Waals surface area contributed by atoms with E-state index in [1.54, 1.807) is 6.07 Å². The van der Waals surface area contributed by atoms with E-state index >= 15 is 0 Å². The molecule has 0 spiro atoms. The number of nitriles is 1. The Morgan fingerprint density at radius 1 is 1.60 bits per heavy atom. The van der Waals surface area contributed by atoms with Gasteiger partial charge in [-0.15, -0.1) is 0 Å². The molecular formula is C13H15FN2O3S. The van der Waals surface area contributed by atoms with Crippen LogP contribution in [0.5, 0.6) is 0 Å². The van der Waals surface area contributed by atoms with Crippen LogP contribution in [0.1, 0.15) is 30.4 Å². The van der Waals surface area contributed by atoms with Crippen molar-refractivity contribution in [2.45, 2.75) is 37.3 Å². The van der Waals surface area contributed by atoms with Gasteiger partial charge in [-0.3, -0.25) is 4.55 Å². The standard InChI is InChI=1S/C13H15FN2O3S/c14-12-5-10(2-1-9(12)7-16-20(18)19)13(8-15)4-3-11(17)6-13/h1-2,5,11,16-17H,3-4,6-7H2,(H,18,19). The van der Waals surface area contributed by atoms with E-state index in [2.05, 4.69) is 10.8 Å². The van der Waals surface area contributed by atoms with Crippen LogP contribution in [-0.2, 0) is 23.2 Å². The molecule has 7 heteroatoms. The van der Waals surface area contributed by atoms with Crippen LogP contribution < -0.4 is 4.72 Å². The van der Waals surface area contributed by atoms with E-state index in [4.69, 9.17) is 4.55 Å². The topological polar surface area (TPSA) is 93.4 Å². The summed E-state index contributed by atoms with van der Waals surface area (Å²) in [6, 6.07) is 6.60. The van der Waals surface area contributed by atoms with Crippen molar-refractivity contribution in [1.29, 1.82) is 5.26 Å². The molecule has 0 heterocycles. The Morgan fingerprint density at radius 3 is 2.85 bits per heavy atom. The summed E-state index contributed by atoms with van der Waals surface area (Å²) in [6.45, 7) is -0.0720. The molecule has 1 saturated carbocycles. The smallest absolute Gasteiger partial charge is 0.232 e. The summed E-state index contributed by atoms with van der Waals surface area (Å²) in [5.74, 6) is -0.531. The molecule has 0 radical (unpaired) electrons. The van der Waals surface area contributed by atoms with Crippen LogP contribution in [0.2, 0.25) is 0 Å². The number of nitrogens with zero attached hydrogens (tertiary/aromatic N) is 1. The summed E-state index contributed by atoms with van der Waals surface area (Å²) >= 11 is -2.20. The lowest BCUT2D eigenvalue weighted by Crippen LogP contribution is -2.22. The molecule has 0 saturated heterocycles. The Morgan fingerprint density at radius 2 is 2.35 bits per heavy atom. The van der Waals surface area contributed by atoms with Gasteiger partial charge in [0, 0.05) is 12.1 Å². The molecule has 1 aromatic carbocycles. The number of nitrogens with one attached hydrogen (secondary N) is 1. The van der Waals surface area contributed by atoms with Crippen LogP contribution in [0.3, 0.4) is 0 Å². The van der Waals surface area contributed by atoms with E-state index in [0.29, 0.717) is 24.8 Å². The van der Waals surface area contributed by atoms with Crippen LogP contribution in [0.15, 0.2) is 18.2 Å². The molecule has 3 atom stereocenters. The lowest BCUT2D eigenvalue weighted by Gasteiger charge is -2.21. The molecule has 1 fully saturated rings. The van der Waals surface area contributed by atoms with Gasteiger partial charge in [-0.1, -0.05) is 12.1 Å². The molecule has 0 bridgehead atoms. The average Bonchev–Trinajstić information content (AvgIpc) is 2.80. The molecule has 2 rings (SSSR count). The van der Waals surface area contributed by atoms with Crippen molar-refractivity contribution < 1.29 is 18.3 Å². The van der Waals surface area contributed by atoms with Gasteiger partial charge in [0.15, 0.2) is 0 Å². The number of benzene rings is 1. The lowest BCUT2D eigenvalue weighted by molar-refractivity contribution is 0.178. The molecule has 5 nitrogen and oxygen atoms in total. The Kier molecular flexibility index (Phi) is 4.50. The van der Waals surface area contributed by atoms with Crippen LogP contribution in [-0.4, -0.2) is 20.0 Å². The largest absolute Gasteiger partial charge is 0.393 e. The third-order valence-electron chi connectivity index (χ3n) is 3.69. The highest BCUT2D eigenvalue weighted by Gasteiger charge is 2.40. The average molecular weight is 298 g/mol. The predicted octanol–water partition coefficient (Wildman–Crippen LogP) is 1.36. The van der Waals surface area contributed by atoms with Crippen molar-refractivity contribution in [2.75, 3.05) is 0 Å². The SMILES string of the molecule is N#CC1(c2ccc(CNS(=O)O)c(F)c2)CCC(O)C1. The zero-order valence-electron chi connectivity index (χ0n) is 10.7. The molecule has 1 aliphatic carbocycles. The minimum Gasteiger partial charge on any atom is -0.393 e. The van der Waals surface area contributed by atoms with Crippen LogP contribution in [0.4, 0.5) is 4.39 Å². The fourth-order valence-electron chi connectivity index (χ4n) is 2.58. The molecular weight excluding hydrogens is 283 g/mol. The first kappa shape index (κ1) is 15.1. The van der Waals surface area contributed by atoms with Crippen molar-refractivity contribution in [3.8, 4) is 6.07 Å².